The Balaban J connectivity index is 2.13. The zero-order chi connectivity index (χ0) is 9.68. The van der Waals surface area contributed by atoms with Gasteiger partial charge in [0.15, 0.2) is 0 Å². The highest BCUT2D eigenvalue weighted by atomic mass is 16.4. The first-order valence-electron chi connectivity index (χ1n) is 4.92. The quantitative estimate of drug-likeness (QED) is 0.711. The van der Waals surface area contributed by atoms with Crippen molar-refractivity contribution in [3.63, 3.8) is 0 Å². The van der Waals surface area contributed by atoms with Gasteiger partial charge in [-0.15, -0.1) is 0 Å². The third kappa shape index (κ3) is 4.06. The van der Waals surface area contributed by atoms with Crippen LogP contribution in [0.4, 0.5) is 0 Å². The minimum absolute atomic E-state index is 0.00838. The molecule has 1 aliphatic carbocycles. The second kappa shape index (κ2) is 5.00. The summed E-state index contributed by atoms with van der Waals surface area (Å²) in [5.41, 5.74) is 0. The van der Waals surface area contributed by atoms with E-state index in [1.54, 1.807) is 0 Å². The van der Waals surface area contributed by atoms with Gasteiger partial charge in [-0.2, -0.15) is 0 Å². The van der Waals surface area contributed by atoms with Crippen LogP contribution >= 0.6 is 0 Å². The van der Waals surface area contributed by atoms with Crippen molar-refractivity contribution in [3.05, 3.63) is 0 Å². The fourth-order valence-corrected chi connectivity index (χ4v) is 1.88. The van der Waals surface area contributed by atoms with Crippen molar-refractivity contribution < 1.29 is 14.7 Å². The Morgan fingerprint density at radius 1 is 1.15 bits per heavy atom. The number of carboxylic acid groups (broad SMARTS) is 1. The monoisotopic (exact) mass is 184 g/mol. The molecule has 0 spiro atoms. The molecule has 0 aliphatic heterocycles. The molecular weight excluding hydrogens is 168 g/mol. The van der Waals surface area contributed by atoms with Gasteiger partial charge < -0.3 is 5.11 Å². The van der Waals surface area contributed by atoms with E-state index in [4.69, 9.17) is 5.11 Å². The molecule has 3 heteroatoms. The van der Waals surface area contributed by atoms with Crippen molar-refractivity contribution >= 4 is 11.8 Å². The second-order valence-electron chi connectivity index (χ2n) is 3.79. The van der Waals surface area contributed by atoms with Crippen LogP contribution in [0.2, 0.25) is 0 Å². The van der Waals surface area contributed by atoms with Crippen LogP contribution in [0.25, 0.3) is 0 Å². The topological polar surface area (TPSA) is 54.4 Å². The Morgan fingerprint density at radius 2 is 1.77 bits per heavy atom. The highest BCUT2D eigenvalue weighted by Crippen LogP contribution is 2.28. The van der Waals surface area contributed by atoms with E-state index in [0.29, 0.717) is 12.3 Å². The minimum Gasteiger partial charge on any atom is -0.481 e. The molecule has 0 amide bonds. The molecule has 13 heavy (non-hydrogen) atoms. The Morgan fingerprint density at radius 3 is 2.31 bits per heavy atom. The van der Waals surface area contributed by atoms with E-state index in [9.17, 15) is 9.59 Å². The summed E-state index contributed by atoms with van der Waals surface area (Å²) in [7, 11) is 0. The predicted molar refractivity (Wildman–Crippen MR) is 48.5 cm³/mol. The van der Waals surface area contributed by atoms with Crippen molar-refractivity contribution in [3.8, 4) is 0 Å². The lowest BCUT2D eigenvalue weighted by Gasteiger charge is -2.05. The van der Waals surface area contributed by atoms with Gasteiger partial charge in [-0.05, 0) is 5.92 Å². The van der Waals surface area contributed by atoms with Crippen LogP contribution in [0, 0.1) is 5.92 Å². The Bertz CT molecular complexity index is 192. The van der Waals surface area contributed by atoms with E-state index in [1.165, 1.54) is 12.8 Å². The molecule has 1 rings (SSSR count). The van der Waals surface area contributed by atoms with Crippen LogP contribution in [-0.4, -0.2) is 16.9 Å². The number of hydrogen-bond donors (Lipinski definition) is 1. The molecule has 0 aromatic carbocycles. The fraction of sp³-hybridized carbons (Fsp3) is 0.800. The van der Waals surface area contributed by atoms with Crippen LogP contribution < -0.4 is 0 Å². The van der Waals surface area contributed by atoms with E-state index in [0.717, 1.165) is 12.8 Å². The molecule has 3 nitrogen and oxygen atoms in total. The molecule has 1 aliphatic rings. The van der Waals surface area contributed by atoms with E-state index in [2.05, 4.69) is 0 Å². The number of Topliss-reactive ketones (excluding diaryl/α,β-unsaturated/α-hetero) is 1. The largest absolute Gasteiger partial charge is 0.481 e. The molecule has 1 fully saturated rings. The number of aliphatic carboxylic acids is 1. The lowest BCUT2D eigenvalue weighted by Crippen LogP contribution is -2.07. The molecule has 0 atom stereocenters. The first-order valence-corrected chi connectivity index (χ1v) is 4.92. The summed E-state index contributed by atoms with van der Waals surface area (Å²) in [6.07, 6.45) is 5.58. The Hall–Kier alpha value is -0.860. The Kier molecular flexibility index (Phi) is 3.93. The van der Waals surface area contributed by atoms with E-state index in [-0.39, 0.29) is 18.6 Å². The number of carboxylic acids is 1. The average molecular weight is 184 g/mol. The minimum atomic E-state index is -0.875. The molecule has 0 heterocycles. The van der Waals surface area contributed by atoms with Crippen molar-refractivity contribution in [1.29, 1.82) is 0 Å². The van der Waals surface area contributed by atoms with Crippen LogP contribution in [0.3, 0.4) is 0 Å². The van der Waals surface area contributed by atoms with Crippen molar-refractivity contribution in [2.75, 3.05) is 0 Å². The van der Waals surface area contributed by atoms with Crippen LogP contribution in [0.5, 0.6) is 0 Å². The summed E-state index contributed by atoms with van der Waals surface area (Å²) < 4.78 is 0. The lowest BCUT2D eigenvalue weighted by molar-refractivity contribution is -0.138. The maximum atomic E-state index is 11.2. The van der Waals surface area contributed by atoms with Crippen molar-refractivity contribution in [2.45, 2.75) is 44.9 Å². The van der Waals surface area contributed by atoms with Gasteiger partial charge in [0.05, 0.1) is 6.42 Å². The Labute approximate surface area is 78.1 Å². The third-order valence-electron chi connectivity index (χ3n) is 2.61. The number of carbonyl (C=O) groups excluding carboxylic acids is 1. The van der Waals surface area contributed by atoms with Crippen molar-refractivity contribution in [2.24, 2.45) is 5.92 Å². The molecule has 1 saturated carbocycles. The first kappa shape index (κ1) is 10.2. The van der Waals surface area contributed by atoms with Crippen LogP contribution in [0.15, 0.2) is 0 Å². The number of hydrogen-bond acceptors (Lipinski definition) is 2. The van der Waals surface area contributed by atoms with Gasteiger partial charge in [-0.1, -0.05) is 25.7 Å². The standard InChI is InChI=1S/C10H16O3/c11-9(5-6-10(12)13)7-8-3-1-2-4-8/h8H,1-7H2,(H,12,13). The highest BCUT2D eigenvalue weighted by molar-refractivity contribution is 5.82. The molecule has 0 bridgehead atoms. The summed E-state index contributed by atoms with van der Waals surface area (Å²) in [6, 6.07) is 0. The summed E-state index contributed by atoms with van der Waals surface area (Å²) in [5, 5.41) is 8.37. The van der Waals surface area contributed by atoms with Gasteiger partial charge in [0, 0.05) is 12.8 Å². The maximum Gasteiger partial charge on any atom is 0.303 e. The normalized spacial score (nSPS) is 17.5. The summed E-state index contributed by atoms with van der Waals surface area (Å²) in [5.74, 6) is -0.213. The molecule has 74 valence electrons. The van der Waals surface area contributed by atoms with Crippen LogP contribution in [0.1, 0.15) is 44.9 Å². The maximum absolute atomic E-state index is 11.2. The fourth-order valence-electron chi connectivity index (χ4n) is 1.88. The molecule has 0 radical (unpaired) electrons. The number of ketones is 1. The van der Waals surface area contributed by atoms with Gasteiger partial charge in [-0.3, -0.25) is 9.59 Å². The SMILES string of the molecule is O=C(O)CCC(=O)CC1CCCC1. The molecule has 0 aromatic rings. The van der Waals surface area contributed by atoms with Gasteiger partial charge in [0.2, 0.25) is 0 Å². The zero-order valence-corrected chi connectivity index (χ0v) is 7.79. The van der Waals surface area contributed by atoms with Gasteiger partial charge >= 0.3 is 5.97 Å². The van der Waals surface area contributed by atoms with Gasteiger partial charge in [0.1, 0.15) is 5.78 Å². The highest BCUT2D eigenvalue weighted by Gasteiger charge is 2.18. The van der Waals surface area contributed by atoms with Crippen molar-refractivity contribution in [1.82, 2.24) is 0 Å². The molecule has 0 saturated heterocycles. The first-order chi connectivity index (χ1) is 6.18. The average Bonchev–Trinajstić information content (AvgIpc) is 2.53. The molecule has 1 N–H and O–H groups in total. The zero-order valence-electron chi connectivity index (χ0n) is 7.79. The summed E-state index contributed by atoms with van der Waals surface area (Å²) in [6.45, 7) is 0. The summed E-state index contributed by atoms with van der Waals surface area (Å²) >= 11 is 0. The number of rotatable bonds is 5. The van der Waals surface area contributed by atoms with E-state index < -0.39 is 5.97 Å². The smallest absolute Gasteiger partial charge is 0.303 e. The predicted octanol–water partition coefficient (Wildman–Crippen LogP) is 2.00. The molecule has 0 unspecified atom stereocenters. The second-order valence-corrected chi connectivity index (χ2v) is 3.79. The number of carbonyl (C=O) groups is 2. The third-order valence-corrected chi connectivity index (χ3v) is 2.61. The van der Waals surface area contributed by atoms with Gasteiger partial charge in [0.25, 0.3) is 0 Å². The van der Waals surface area contributed by atoms with E-state index >= 15 is 0 Å². The van der Waals surface area contributed by atoms with Gasteiger partial charge in [-0.25, -0.2) is 0 Å². The summed E-state index contributed by atoms with van der Waals surface area (Å²) in [4.78, 5) is 21.4. The lowest BCUT2D eigenvalue weighted by atomic mass is 9.99. The molecule has 0 aromatic heterocycles. The van der Waals surface area contributed by atoms with Crippen LogP contribution in [-0.2, 0) is 9.59 Å². The van der Waals surface area contributed by atoms with E-state index in [1.807, 2.05) is 0 Å². The molecular formula is C10H16O3.